The van der Waals surface area contributed by atoms with Gasteiger partial charge in [-0.15, -0.1) is 10.2 Å². The van der Waals surface area contributed by atoms with Gasteiger partial charge in [-0.05, 0) is 37.6 Å². The van der Waals surface area contributed by atoms with E-state index in [1.54, 1.807) is 19.3 Å². The molecule has 3 N–H and O–H groups in total. The van der Waals surface area contributed by atoms with E-state index in [4.69, 9.17) is 14.6 Å². The first-order chi connectivity index (χ1) is 18.1. The standard InChI is InChI=1S/C25H34N8O4S/c1-16(2)33-8-6-32(7-9-33)15-23-29-30-24(37-23)19-10-17(11-21(27-3)20(19)13-26)18-12-22(31-38(5,34)35)25(36-4)28-14-18/h10-14,16,26-27,31H,6-9,15H2,1-5H3. The highest BCUT2D eigenvalue weighted by Crippen LogP contribution is 2.36. The number of piperazine rings is 1. The van der Waals surface area contributed by atoms with Crippen molar-refractivity contribution in [3.63, 3.8) is 0 Å². The molecular weight excluding hydrogens is 508 g/mol. The normalized spacial score (nSPS) is 15.0. The third kappa shape index (κ3) is 6.29. The van der Waals surface area contributed by atoms with Gasteiger partial charge in [-0.2, -0.15) is 0 Å². The summed E-state index contributed by atoms with van der Waals surface area (Å²) in [6.45, 7) is 8.82. The Kier molecular flexibility index (Phi) is 8.29. The molecule has 1 aliphatic rings. The molecule has 0 unspecified atom stereocenters. The summed E-state index contributed by atoms with van der Waals surface area (Å²) in [5.41, 5.74) is 3.41. The second-order valence-corrected chi connectivity index (χ2v) is 11.2. The highest BCUT2D eigenvalue weighted by atomic mass is 32.2. The Morgan fingerprint density at radius 1 is 1.13 bits per heavy atom. The number of pyridine rings is 1. The van der Waals surface area contributed by atoms with E-state index < -0.39 is 10.0 Å². The maximum atomic E-state index is 11.9. The molecule has 38 heavy (non-hydrogen) atoms. The number of hydrogen-bond acceptors (Lipinski definition) is 11. The number of benzene rings is 1. The maximum absolute atomic E-state index is 11.9. The minimum absolute atomic E-state index is 0.153. The van der Waals surface area contributed by atoms with Crippen LogP contribution in [0.15, 0.2) is 28.8 Å². The summed E-state index contributed by atoms with van der Waals surface area (Å²) in [6.07, 6.45) is 3.89. The van der Waals surface area contributed by atoms with Crippen LogP contribution in [0.25, 0.3) is 22.6 Å². The van der Waals surface area contributed by atoms with E-state index in [0.717, 1.165) is 32.4 Å². The molecule has 0 aliphatic carbocycles. The summed E-state index contributed by atoms with van der Waals surface area (Å²) < 4.78 is 37.5. The number of ether oxygens (including phenoxy) is 1. The largest absolute Gasteiger partial charge is 0.480 e. The molecule has 0 spiro atoms. The van der Waals surface area contributed by atoms with Crippen LogP contribution in [0, 0.1) is 5.41 Å². The Labute approximate surface area is 223 Å². The van der Waals surface area contributed by atoms with Crippen molar-refractivity contribution < 1.29 is 17.6 Å². The van der Waals surface area contributed by atoms with E-state index in [0.29, 0.717) is 52.3 Å². The average molecular weight is 543 g/mol. The van der Waals surface area contributed by atoms with Crippen molar-refractivity contribution in [1.29, 1.82) is 5.41 Å². The highest BCUT2D eigenvalue weighted by molar-refractivity contribution is 7.92. The van der Waals surface area contributed by atoms with Crippen LogP contribution in [0.5, 0.6) is 5.88 Å². The molecular formula is C25H34N8O4S. The van der Waals surface area contributed by atoms with E-state index in [9.17, 15) is 8.42 Å². The minimum atomic E-state index is -3.55. The number of hydrogen-bond donors (Lipinski definition) is 3. The average Bonchev–Trinajstić information content (AvgIpc) is 3.35. The molecule has 12 nitrogen and oxygen atoms in total. The fourth-order valence-corrected chi connectivity index (χ4v) is 5.01. The fraction of sp³-hybridized carbons (Fsp3) is 0.440. The first-order valence-corrected chi connectivity index (χ1v) is 14.2. The second kappa shape index (κ2) is 11.5. The lowest BCUT2D eigenvalue weighted by Crippen LogP contribution is -2.48. The molecule has 0 atom stereocenters. The fourth-order valence-electron chi connectivity index (χ4n) is 4.46. The monoisotopic (exact) mass is 542 g/mol. The Bertz CT molecular complexity index is 1400. The van der Waals surface area contributed by atoms with Crippen molar-refractivity contribution in [2.45, 2.75) is 26.4 Å². The Balaban J connectivity index is 1.67. The lowest BCUT2D eigenvalue weighted by Gasteiger charge is -2.36. The molecule has 0 amide bonds. The minimum Gasteiger partial charge on any atom is -0.480 e. The van der Waals surface area contributed by atoms with Crippen LogP contribution in [-0.2, 0) is 16.6 Å². The molecule has 1 aromatic carbocycles. The predicted molar refractivity (Wildman–Crippen MR) is 147 cm³/mol. The third-order valence-corrected chi connectivity index (χ3v) is 7.05. The lowest BCUT2D eigenvalue weighted by atomic mass is 9.98. The molecule has 3 heterocycles. The highest BCUT2D eigenvalue weighted by Gasteiger charge is 2.22. The van der Waals surface area contributed by atoms with Gasteiger partial charge >= 0.3 is 0 Å². The molecule has 2 aromatic heterocycles. The van der Waals surface area contributed by atoms with Crippen LogP contribution in [0.3, 0.4) is 0 Å². The summed E-state index contributed by atoms with van der Waals surface area (Å²) in [7, 11) is -0.374. The number of rotatable bonds is 10. The topological polar surface area (TPSA) is 150 Å². The molecule has 0 bridgehead atoms. The number of methoxy groups -OCH3 is 1. The van der Waals surface area contributed by atoms with Crippen LogP contribution in [-0.4, -0.2) is 92.2 Å². The summed E-state index contributed by atoms with van der Waals surface area (Å²) >= 11 is 0. The van der Waals surface area contributed by atoms with Gasteiger partial charge in [0.1, 0.15) is 5.69 Å². The van der Waals surface area contributed by atoms with E-state index >= 15 is 0 Å². The second-order valence-electron chi connectivity index (χ2n) is 9.44. The molecule has 1 aliphatic heterocycles. The van der Waals surface area contributed by atoms with Gasteiger partial charge in [0, 0.05) is 68.5 Å². The Hall–Kier alpha value is -3.55. The zero-order valence-corrected chi connectivity index (χ0v) is 23.1. The summed E-state index contributed by atoms with van der Waals surface area (Å²) in [4.78, 5) is 9.01. The van der Waals surface area contributed by atoms with Gasteiger partial charge < -0.3 is 19.9 Å². The number of nitrogens with one attached hydrogen (secondary N) is 3. The third-order valence-electron chi connectivity index (χ3n) is 6.46. The molecule has 0 radical (unpaired) electrons. The van der Waals surface area contributed by atoms with Gasteiger partial charge in [0.2, 0.25) is 27.7 Å². The maximum Gasteiger partial charge on any atom is 0.248 e. The van der Waals surface area contributed by atoms with Crippen molar-refractivity contribution in [3.8, 4) is 28.5 Å². The van der Waals surface area contributed by atoms with E-state index in [1.807, 2.05) is 12.1 Å². The van der Waals surface area contributed by atoms with E-state index in [-0.39, 0.29) is 11.6 Å². The van der Waals surface area contributed by atoms with Crippen LogP contribution >= 0.6 is 0 Å². The number of anilines is 2. The summed E-state index contributed by atoms with van der Waals surface area (Å²) in [5, 5.41) is 19.7. The first kappa shape index (κ1) is 27.5. The number of sulfonamides is 1. The van der Waals surface area contributed by atoms with Crippen molar-refractivity contribution >= 4 is 27.6 Å². The SMILES string of the molecule is CNc1cc(-c2cnc(OC)c(NS(C)(=O)=O)c2)cc(-c2nnc(CN3CCN(C(C)C)CC3)o2)c1C=N. The van der Waals surface area contributed by atoms with Gasteiger partial charge in [0.25, 0.3) is 0 Å². The molecule has 1 fully saturated rings. The van der Waals surface area contributed by atoms with Crippen LogP contribution in [0.4, 0.5) is 11.4 Å². The smallest absolute Gasteiger partial charge is 0.248 e. The molecule has 1 saturated heterocycles. The van der Waals surface area contributed by atoms with Gasteiger partial charge in [0.15, 0.2) is 0 Å². The quantitative estimate of drug-likeness (QED) is 0.326. The van der Waals surface area contributed by atoms with Gasteiger partial charge in [-0.3, -0.25) is 14.5 Å². The van der Waals surface area contributed by atoms with Gasteiger partial charge in [0.05, 0.1) is 25.5 Å². The predicted octanol–water partition coefficient (Wildman–Crippen LogP) is 2.74. The summed E-state index contributed by atoms with van der Waals surface area (Å²) in [6, 6.07) is 5.85. The Morgan fingerprint density at radius 3 is 2.45 bits per heavy atom. The van der Waals surface area contributed by atoms with Crippen LogP contribution in [0.2, 0.25) is 0 Å². The van der Waals surface area contributed by atoms with Crippen LogP contribution < -0.4 is 14.8 Å². The zero-order chi connectivity index (χ0) is 27.4. The van der Waals surface area contributed by atoms with Gasteiger partial charge in [-0.25, -0.2) is 13.4 Å². The lowest BCUT2D eigenvalue weighted by molar-refractivity contribution is 0.0979. The number of nitrogens with zero attached hydrogens (tertiary/aromatic N) is 5. The molecule has 4 rings (SSSR count). The molecule has 204 valence electrons. The summed E-state index contributed by atoms with van der Waals surface area (Å²) in [5.74, 6) is 0.963. The van der Waals surface area contributed by atoms with Crippen LogP contribution in [0.1, 0.15) is 25.3 Å². The van der Waals surface area contributed by atoms with Crippen molar-refractivity contribution in [2.24, 2.45) is 0 Å². The van der Waals surface area contributed by atoms with E-state index in [2.05, 4.69) is 48.9 Å². The van der Waals surface area contributed by atoms with E-state index in [1.165, 1.54) is 13.3 Å². The van der Waals surface area contributed by atoms with Crippen molar-refractivity contribution in [3.05, 3.63) is 35.9 Å². The van der Waals surface area contributed by atoms with Crippen molar-refractivity contribution in [2.75, 3.05) is 56.6 Å². The van der Waals surface area contributed by atoms with Crippen molar-refractivity contribution in [1.82, 2.24) is 25.0 Å². The molecule has 13 heteroatoms. The Morgan fingerprint density at radius 2 is 1.84 bits per heavy atom. The zero-order valence-electron chi connectivity index (χ0n) is 22.3. The van der Waals surface area contributed by atoms with Gasteiger partial charge in [-0.1, -0.05) is 0 Å². The number of aromatic nitrogens is 3. The molecule has 0 saturated carbocycles. The molecule has 3 aromatic rings. The first-order valence-electron chi connectivity index (χ1n) is 12.3.